The predicted molar refractivity (Wildman–Crippen MR) is 84.4 cm³/mol. The maximum atomic E-state index is 12.1. The van der Waals surface area contributed by atoms with E-state index >= 15 is 0 Å². The molecule has 0 unspecified atom stereocenters. The first-order valence-electron chi connectivity index (χ1n) is 6.32. The summed E-state index contributed by atoms with van der Waals surface area (Å²) >= 11 is 11.7. The summed E-state index contributed by atoms with van der Waals surface area (Å²) in [6.45, 7) is 2.84. The summed E-state index contributed by atoms with van der Waals surface area (Å²) in [5, 5.41) is 7.16. The first-order chi connectivity index (χ1) is 10.3. The number of aryl methyl sites for hydroxylation is 1. The molecule has 2 rings (SSSR count). The van der Waals surface area contributed by atoms with Crippen molar-refractivity contribution < 1.29 is 14.1 Å². The van der Waals surface area contributed by atoms with Crippen molar-refractivity contribution in [3.63, 3.8) is 0 Å². The molecule has 0 atom stereocenters. The van der Waals surface area contributed by atoms with Crippen molar-refractivity contribution in [1.29, 1.82) is 0 Å². The fourth-order valence-corrected chi connectivity index (χ4v) is 2.33. The predicted octanol–water partition coefficient (Wildman–Crippen LogP) is 3.28. The van der Waals surface area contributed by atoms with Crippen molar-refractivity contribution in [1.82, 2.24) is 5.16 Å². The molecule has 22 heavy (non-hydrogen) atoms. The van der Waals surface area contributed by atoms with E-state index in [4.69, 9.17) is 27.7 Å². The molecule has 2 amide bonds. The summed E-state index contributed by atoms with van der Waals surface area (Å²) in [6.07, 6.45) is 0. The number of benzene rings is 1. The quantitative estimate of drug-likeness (QED) is 0.925. The third-order valence-electron chi connectivity index (χ3n) is 2.72. The van der Waals surface area contributed by atoms with Crippen molar-refractivity contribution >= 4 is 46.5 Å². The highest BCUT2D eigenvalue weighted by molar-refractivity contribution is 6.35. The third-order valence-corrected chi connectivity index (χ3v) is 3.16. The van der Waals surface area contributed by atoms with E-state index in [-0.39, 0.29) is 18.3 Å². The average Bonchev–Trinajstić information content (AvgIpc) is 2.80. The summed E-state index contributed by atoms with van der Waals surface area (Å²) < 4.78 is 4.92. The van der Waals surface area contributed by atoms with Crippen LogP contribution < -0.4 is 10.2 Å². The van der Waals surface area contributed by atoms with Crippen LogP contribution in [0.5, 0.6) is 0 Å². The van der Waals surface area contributed by atoms with Gasteiger partial charge in [0, 0.05) is 28.7 Å². The van der Waals surface area contributed by atoms with Gasteiger partial charge in [0.1, 0.15) is 12.3 Å². The van der Waals surface area contributed by atoms with Gasteiger partial charge in [0.05, 0.1) is 0 Å². The summed E-state index contributed by atoms with van der Waals surface area (Å²) in [5.74, 6) is 0.0920. The third kappa shape index (κ3) is 4.22. The van der Waals surface area contributed by atoms with Crippen molar-refractivity contribution in [3.8, 4) is 0 Å². The molecule has 6 nitrogen and oxygen atoms in total. The van der Waals surface area contributed by atoms with Gasteiger partial charge in [-0.3, -0.25) is 14.5 Å². The Kier molecular flexibility index (Phi) is 5.05. The minimum Gasteiger partial charge on any atom is -0.360 e. The van der Waals surface area contributed by atoms with Gasteiger partial charge in [-0.1, -0.05) is 28.4 Å². The van der Waals surface area contributed by atoms with Crippen LogP contribution in [0.25, 0.3) is 0 Å². The van der Waals surface area contributed by atoms with Gasteiger partial charge < -0.3 is 9.84 Å². The van der Waals surface area contributed by atoms with Gasteiger partial charge in [-0.05, 0) is 25.1 Å². The number of amides is 2. The smallest absolute Gasteiger partial charge is 0.244 e. The van der Waals surface area contributed by atoms with E-state index in [2.05, 4.69) is 10.5 Å². The summed E-state index contributed by atoms with van der Waals surface area (Å²) in [4.78, 5) is 25.0. The molecule has 2 aromatic rings. The lowest BCUT2D eigenvalue weighted by molar-refractivity contribution is -0.120. The van der Waals surface area contributed by atoms with Gasteiger partial charge in [0.25, 0.3) is 0 Å². The van der Waals surface area contributed by atoms with Crippen LogP contribution in [-0.2, 0) is 9.59 Å². The molecule has 0 spiro atoms. The van der Waals surface area contributed by atoms with Crippen LogP contribution in [0.4, 0.5) is 11.5 Å². The lowest BCUT2D eigenvalue weighted by atomic mass is 10.3. The molecule has 116 valence electrons. The molecule has 0 bridgehead atoms. The van der Waals surface area contributed by atoms with Gasteiger partial charge in [-0.2, -0.15) is 0 Å². The molecule has 0 fully saturated rings. The van der Waals surface area contributed by atoms with E-state index in [1.807, 2.05) is 0 Å². The summed E-state index contributed by atoms with van der Waals surface area (Å²) in [5.41, 5.74) is 0.447. The Labute approximate surface area is 137 Å². The molecule has 1 heterocycles. The molecule has 8 heteroatoms. The molecule has 0 aliphatic heterocycles. The molecule has 0 saturated carbocycles. The maximum absolute atomic E-state index is 12.1. The highest BCUT2D eigenvalue weighted by Gasteiger charge is 2.19. The largest absolute Gasteiger partial charge is 0.360 e. The Balaban J connectivity index is 2.10. The Hall–Kier alpha value is -2.05. The van der Waals surface area contributed by atoms with Crippen LogP contribution in [-0.4, -0.2) is 23.5 Å². The fourth-order valence-electron chi connectivity index (χ4n) is 1.80. The standard InChI is InChI=1S/C14H13Cl2N3O3/c1-8-3-13(18-22-8)19(9(2)20)7-14(21)17-12-5-10(15)4-11(16)6-12/h3-6H,7H2,1-2H3,(H,17,21). The Morgan fingerprint density at radius 2 is 1.86 bits per heavy atom. The number of hydrogen-bond acceptors (Lipinski definition) is 4. The van der Waals surface area contributed by atoms with Crippen LogP contribution in [0.2, 0.25) is 10.0 Å². The topological polar surface area (TPSA) is 75.4 Å². The number of anilines is 2. The first kappa shape index (κ1) is 16.3. The number of carbonyl (C=O) groups is 2. The summed E-state index contributed by atoms with van der Waals surface area (Å²) in [7, 11) is 0. The first-order valence-corrected chi connectivity index (χ1v) is 7.08. The van der Waals surface area contributed by atoms with Crippen molar-refractivity contribution in [2.24, 2.45) is 0 Å². The lowest BCUT2D eigenvalue weighted by Crippen LogP contribution is -2.36. The van der Waals surface area contributed by atoms with Crippen LogP contribution in [0, 0.1) is 6.92 Å². The van der Waals surface area contributed by atoms with E-state index in [1.165, 1.54) is 11.8 Å². The van der Waals surface area contributed by atoms with E-state index in [1.54, 1.807) is 31.2 Å². The Morgan fingerprint density at radius 1 is 1.23 bits per heavy atom. The zero-order valence-electron chi connectivity index (χ0n) is 11.9. The highest BCUT2D eigenvalue weighted by Crippen LogP contribution is 2.22. The molecule has 1 aromatic carbocycles. The lowest BCUT2D eigenvalue weighted by Gasteiger charge is -2.17. The number of nitrogens with zero attached hydrogens (tertiary/aromatic N) is 2. The second-order valence-electron chi connectivity index (χ2n) is 4.61. The minimum absolute atomic E-state index is 0.203. The van der Waals surface area contributed by atoms with Crippen LogP contribution in [0.15, 0.2) is 28.8 Å². The monoisotopic (exact) mass is 341 g/mol. The van der Waals surface area contributed by atoms with Gasteiger partial charge in [-0.15, -0.1) is 0 Å². The van der Waals surface area contributed by atoms with Crippen molar-refractivity contribution in [2.45, 2.75) is 13.8 Å². The van der Waals surface area contributed by atoms with Crippen LogP contribution in [0.1, 0.15) is 12.7 Å². The van der Waals surface area contributed by atoms with E-state index in [9.17, 15) is 9.59 Å². The van der Waals surface area contributed by atoms with Crippen LogP contribution in [0.3, 0.4) is 0 Å². The van der Waals surface area contributed by atoms with E-state index < -0.39 is 5.91 Å². The number of aromatic nitrogens is 1. The number of hydrogen-bond donors (Lipinski definition) is 1. The van der Waals surface area contributed by atoms with Gasteiger partial charge in [-0.25, -0.2) is 0 Å². The van der Waals surface area contributed by atoms with Crippen molar-refractivity contribution in [2.75, 3.05) is 16.8 Å². The normalized spacial score (nSPS) is 10.4. The Morgan fingerprint density at radius 3 is 2.36 bits per heavy atom. The molecule has 0 saturated heterocycles. The fraction of sp³-hybridized carbons (Fsp3) is 0.214. The number of halogens is 2. The van der Waals surface area contributed by atoms with E-state index in [0.717, 1.165) is 0 Å². The Bertz CT molecular complexity index is 695. The molecule has 0 radical (unpaired) electrons. The van der Waals surface area contributed by atoms with Gasteiger partial charge in [0.15, 0.2) is 5.82 Å². The summed E-state index contributed by atoms with van der Waals surface area (Å²) in [6, 6.07) is 6.25. The SMILES string of the molecule is CC(=O)N(CC(=O)Nc1cc(Cl)cc(Cl)c1)c1cc(C)on1. The van der Waals surface area contributed by atoms with E-state index in [0.29, 0.717) is 21.5 Å². The minimum atomic E-state index is -0.408. The van der Waals surface area contributed by atoms with Gasteiger partial charge >= 0.3 is 0 Å². The zero-order chi connectivity index (χ0) is 16.3. The van der Waals surface area contributed by atoms with Crippen LogP contribution >= 0.6 is 23.2 Å². The molecule has 0 aliphatic carbocycles. The highest BCUT2D eigenvalue weighted by atomic mass is 35.5. The molecule has 1 aromatic heterocycles. The second-order valence-corrected chi connectivity index (χ2v) is 5.48. The average molecular weight is 342 g/mol. The second kappa shape index (κ2) is 6.81. The molecular formula is C14H13Cl2N3O3. The molecule has 0 aliphatic rings. The number of rotatable bonds is 4. The number of carbonyl (C=O) groups excluding carboxylic acids is 2. The molecule has 1 N–H and O–H groups in total. The van der Waals surface area contributed by atoms with Crippen molar-refractivity contribution in [3.05, 3.63) is 40.1 Å². The van der Waals surface area contributed by atoms with Gasteiger partial charge in [0.2, 0.25) is 11.8 Å². The number of nitrogens with one attached hydrogen (secondary N) is 1. The zero-order valence-corrected chi connectivity index (χ0v) is 13.4. The maximum Gasteiger partial charge on any atom is 0.244 e. The molecular weight excluding hydrogens is 329 g/mol.